The molecule has 1 heterocycles. The summed E-state index contributed by atoms with van der Waals surface area (Å²) in [5.41, 5.74) is -0.670. The lowest BCUT2D eigenvalue weighted by Gasteiger charge is -2.28. The molecule has 3 unspecified atom stereocenters. The molecule has 0 aromatic rings. The van der Waals surface area contributed by atoms with Crippen LogP contribution in [0, 0.1) is 0 Å². The maximum atomic E-state index is 11.7. The topological polar surface area (TPSA) is 61.8 Å². The number of nitrogens with one attached hydrogen (secondary N) is 1. The first-order valence-corrected chi connectivity index (χ1v) is 7.41. The van der Waals surface area contributed by atoms with Gasteiger partial charge in [0.1, 0.15) is 5.54 Å². The van der Waals surface area contributed by atoms with Gasteiger partial charge in [-0.15, -0.1) is 0 Å². The van der Waals surface area contributed by atoms with Gasteiger partial charge in [0.2, 0.25) is 0 Å². The average molecular weight is 268 g/mol. The Labute approximate surface area is 114 Å². The molecule has 3 atom stereocenters. The SMILES string of the molecule is COC1CCN(C2CCC(NC3CC3)(C(=O)O)C2)C1. The predicted octanol–water partition coefficient (Wildman–Crippen LogP) is 0.835. The molecular weight excluding hydrogens is 244 g/mol. The van der Waals surface area contributed by atoms with E-state index in [-0.39, 0.29) is 0 Å². The highest BCUT2D eigenvalue weighted by atomic mass is 16.5. The van der Waals surface area contributed by atoms with Crippen molar-refractivity contribution in [1.82, 2.24) is 10.2 Å². The first-order chi connectivity index (χ1) is 9.13. The van der Waals surface area contributed by atoms with E-state index in [0.29, 0.717) is 18.2 Å². The number of carboxylic acid groups (broad SMARTS) is 1. The van der Waals surface area contributed by atoms with Crippen molar-refractivity contribution in [3.63, 3.8) is 0 Å². The summed E-state index contributed by atoms with van der Waals surface area (Å²) in [4.78, 5) is 14.1. The number of carbonyl (C=O) groups is 1. The molecule has 3 fully saturated rings. The summed E-state index contributed by atoms with van der Waals surface area (Å²) in [6.45, 7) is 2.00. The number of likely N-dealkylation sites (tertiary alicyclic amines) is 1. The van der Waals surface area contributed by atoms with Crippen LogP contribution in [0.25, 0.3) is 0 Å². The lowest BCUT2D eigenvalue weighted by molar-refractivity contribution is -0.145. The van der Waals surface area contributed by atoms with E-state index in [1.807, 2.05) is 0 Å². The van der Waals surface area contributed by atoms with Crippen LogP contribution < -0.4 is 5.32 Å². The number of nitrogens with zero attached hydrogens (tertiary/aromatic N) is 1. The third-order valence-electron chi connectivity index (χ3n) is 4.98. The van der Waals surface area contributed by atoms with E-state index in [0.717, 1.165) is 51.6 Å². The fourth-order valence-corrected chi connectivity index (χ4v) is 3.61. The first kappa shape index (κ1) is 13.3. The summed E-state index contributed by atoms with van der Waals surface area (Å²) >= 11 is 0. The molecular formula is C14H24N2O3. The van der Waals surface area contributed by atoms with E-state index in [2.05, 4.69) is 10.2 Å². The second kappa shape index (κ2) is 5.04. The second-order valence-corrected chi connectivity index (χ2v) is 6.34. The summed E-state index contributed by atoms with van der Waals surface area (Å²) in [6, 6.07) is 0.850. The quantitative estimate of drug-likeness (QED) is 0.773. The van der Waals surface area contributed by atoms with Crippen LogP contribution in [-0.2, 0) is 9.53 Å². The van der Waals surface area contributed by atoms with Gasteiger partial charge in [-0.25, -0.2) is 0 Å². The number of methoxy groups -OCH3 is 1. The van der Waals surface area contributed by atoms with E-state index in [1.165, 1.54) is 0 Å². The molecule has 2 saturated carbocycles. The Balaban J connectivity index is 1.62. The molecule has 1 aliphatic heterocycles. The lowest BCUT2D eigenvalue weighted by Crippen LogP contribution is -2.52. The van der Waals surface area contributed by atoms with E-state index in [1.54, 1.807) is 7.11 Å². The van der Waals surface area contributed by atoms with Gasteiger partial charge >= 0.3 is 5.97 Å². The highest BCUT2D eigenvalue weighted by Gasteiger charge is 2.49. The van der Waals surface area contributed by atoms with Gasteiger partial charge in [-0.2, -0.15) is 0 Å². The maximum absolute atomic E-state index is 11.7. The molecule has 1 saturated heterocycles. The molecule has 0 radical (unpaired) electrons. The van der Waals surface area contributed by atoms with Crippen LogP contribution in [0.5, 0.6) is 0 Å². The number of rotatable bonds is 5. The third-order valence-corrected chi connectivity index (χ3v) is 4.98. The molecule has 0 aromatic carbocycles. The van der Waals surface area contributed by atoms with Gasteiger partial charge in [0, 0.05) is 32.3 Å². The average Bonchev–Trinajstić information content (AvgIpc) is 2.93. The van der Waals surface area contributed by atoms with Gasteiger partial charge in [0.05, 0.1) is 6.10 Å². The van der Waals surface area contributed by atoms with Crippen LogP contribution in [0.4, 0.5) is 0 Å². The Morgan fingerprint density at radius 2 is 2.16 bits per heavy atom. The van der Waals surface area contributed by atoms with Gasteiger partial charge in [-0.1, -0.05) is 0 Å². The van der Waals surface area contributed by atoms with Crippen LogP contribution in [0.1, 0.15) is 38.5 Å². The number of hydrogen-bond donors (Lipinski definition) is 2. The molecule has 5 nitrogen and oxygen atoms in total. The molecule has 108 valence electrons. The van der Waals surface area contributed by atoms with Gasteiger partial charge < -0.3 is 9.84 Å². The van der Waals surface area contributed by atoms with Crippen molar-refractivity contribution >= 4 is 5.97 Å². The number of ether oxygens (including phenoxy) is 1. The van der Waals surface area contributed by atoms with Crippen LogP contribution >= 0.6 is 0 Å². The van der Waals surface area contributed by atoms with Crippen molar-refractivity contribution in [2.24, 2.45) is 0 Å². The molecule has 2 aliphatic carbocycles. The van der Waals surface area contributed by atoms with Crippen LogP contribution in [-0.4, -0.2) is 59.9 Å². The maximum Gasteiger partial charge on any atom is 0.323 e. The van der Waals surface area contributed by atoms with Gasteiger partial charge in [0.25, 0.3) is 0 Å². The van der Waals surface area contributed by atoms with Gasteiger partial charge in [0.15, 0.2) is 0 Å². The molecule has 19 heavy (non-hydrogen) atoms. The molecule has 0 aromatic heterocycles. The van der Waals surface area contributed by atoms with Crippen molar-refractivity contribution in [2.45, 2.75) is 62.3 Å². The Morgan fingerprint density at radius 1 is 1.37 bits per heavy atom. The largest absolute Gasteiger partial charge is 0.480 e. The highest BCUT2D eigenvalue weighted by Crippen LogP contribution is 2.37. The minimum Gasteiger partial charge on any atom is -0.480 e. The zero-order valence-electron chi connectivity index (χ0n) is 11.6. The number of aliphatic carboxylic acids is 1. The lowest BCUT2D eigenvalue weighted by atomic mass is 9.97. The number of hydrogen-bond acceptors (Lipinski definition) is 4. The Morgan fingerprint density at radius 3 is 2.74 bits per heavy atom. The van der Waals surface area contributed by atoms with E-state index >= 15 is 0 Å². The summed E-state index contributed by atoms with van der Waals surface area (Å²) in [6.07, 6.45) is 6.17. The fourth-order valence-electron chi connectivity index (χ4n) is 3.61. The Bertz CT molecular complexity index is 359. The normalized spacial score (nSPS) is 39.8. The van der Waals surface area contributed by atoms with E-state index in [9.17, 15) is 9.90 Å². The van der Waals surface area contributed by atoms with Crippen molar-refractivity contribution < 1.29 is 14.6 Å². The molecule has 3 rings (SSSR count). The third kappa shape index (κ3) is 2.64. The molecule has 0 amide bonds. The summed E-state index contributed by atoms with van der Waals surface area (Å²) in [7, 11) is 1.76. The number of carboxylic acids is 1. The molecule has 5 heteroatoms. The second-order valence-electron chi connectivity index (χ2n) is 6.34. The van der Waals surface area contributed by atoms with Crippen molar-refractivity contribution in [3.05, 3.63) is 0 Å². The van der Waals surface area contributed by atoms with Crippen molar-refractivity contribution in [3.8, 4) is 0 Å². The van der Waals surface area contributed by atoms with Crippen LogP contribution in [0.2, 0.25) is 0 Å². The van der Waals surface area contributed by atoms with Gasteiger partial charge in [-0.3, -0.25) is 15.0 Å². The monoisotopic (exact) mass is 268 g/mol. The summed E-state index contributed by atoms with van der Waals surface area (Å²) in [5, 5.41) is 13.0. The van der Waals surface area contributed by atoms with E-state index < -0.39 is 11.5 Å². The van der Waals surface area contributed by atoms with Crippen molar-refractivity contribution in [2.75, 3.05) is 20.2 Å². The van der Waals surface area contributed by atoms with Crippen LogP contribution in [0.3, 0.4) is 0 Å². The highest BCUT2D eigenvalue weighted by molar-refractivity contribution is 5.79. The minimum atomic E-state index is -0.670. The first-order valence-electron chi connectivity index (χ1n) is 7.41. The summed E-state index contributed by atoms with van der Waals surface area (Å²) in [5.74, 6) is -0.663. The van der Waals surface area contributed by atoms with Gasteiger partial charge in [-0.05, 0) is 38.5 Å². The molecule has 3 aliphatic rings. The Kier molecular flexibility index (Phi) is 3.53. The zero-order chi connectivity index (χ0) is 13.5. The minimum absolute atomic E-state index is 0.330. The molecule has 0 spiro atoms. The molecule has 2 N–H and O–H groups in total. The Hall–Kier alpha value is -0.650. The zero-order valence-corrected chi connectivity index (χ0v) is 11.6. The fraction of sp³-hybridized carbons (Fsp3) is 0.929. The predicted molar refractivity (Wildman–Crippen MR) is 71.2 cm³/mol. The van der Waals surface area contributed by atoms with Crippen LogP contribution in [0.15, 0.2) is 0 Å². The van der Waals surface area contributed by atoms with Crippen molar-refractivity contribution in [1.29, 1.82) is 0 Å². The molecule has 0 bridgehead atoms. The van der Waals surface area contributed by atoms with E-state index in [4.69, 9.17) is 4.74 Å². The smallest absolute Gasteiger partial charge is 0.323 e. The standard InChI is InChI=1S/C14H24N2O3/c1-19-12-5-7-16(9-12)11-4-6-14(8-11,13(17)18)15-10-2-3-10/h10-12,15H,2-9H2,1H3,(H,17,18). The summed E-state index contributed by atoms with van der Waals surface area (Å²) < 4.78 is 5.40.